The number of aromatic nitrogens is 1. The molecule has 0 saturated carbocycles. The molecule has 7 heteroatoms. The first-order chi connectivity index (χ1) is 10.4. The number of alkyl halides is 3. The molecular formula is C15H14F3N3O. The van der Waals surface area contributed by atoms with Crippen molar-refractivity contribution in [3.8, 4) is 6.07 Å². The summed E-state index contributed by atoms with van der Waals surface area (Å²) in [6.45, 7) is 0.415. The molecule has 0 saturated heterocycles. The predicted molar refractivity (Wildman–Crippen MR) is 74.9 cm³/mol. The number of nitriles is 1. The van der Waals surface area contributed by atoms with Gasteiger partial charge in [-0.05, 0) is 18.6 Å². The summed E-state index contributed by atoms with van der Waals surface area (Å²) in [5.74, 6) is 0.878. The van der Waals surface area contributed by atoms with Crippen LogP contribution in [0.25, 0.3) is 0 Å². The Morgan fingerprint density at radius 3 is 2.68 bits per heavy atom. The van der Waals surface area contributed by atoms with E-state index in [4.69, 9.17) is 10.00 Å². The van der Waals surface area contributed by atoms with Gasteiger partial charge < -0.3 is 10.1 Å². The average molecular weight is 309 g/mol. The lowest BCUT2D eigenvalue weighted by molar-refractivity contribution is -0.138. The molecule has 0 spiro atoms. The van der Waals surface area contributed by atoms with Crippen molar-refractivity contribution in [1.82, 2.24) is 4.98 Å². The van der Waals surface area contributed by atoms with Gasteiger partial charge in [0, 0.05) is 13.0 Å². The van der Waals surface area contributed by atoms with Crippen molar-refractivity contribution in [3.63, 3.8) is 0 Å². The van der Waals surface area contributed by atoms with Crippen LogP contribution in [0, 0.1) is 11.3 Å². The van der Waals surface area contributed by atoms with Gasteiger partial charge in [0.2, 0.25) is 0 Å². The van der Waals surface area contributed by atoms with Crippen molar-refractivity contribution < 1.29 is 17.9 Å². The molecule has 0 radical (unpaired) electrons. The highest BCUT2D eigenvalue weighted by molar-refractivity contribution is 5.49. The molecule has 0 fully saturated rings. The minimum Gasteiger partial charge on any atom is -0.501 e. The topological polar surface area (TPSA) is 57.9 Å². The third-order valence-corrected chi connectivity index (χ3v) is 3.28. The second-order valence-corrected chi connectivity index (χ2v) is 4.75. The molecule has 0 amide bonds. The van der Waals surface area contributed by atoms with Crippen LogP contribution in [-0.4, -0.2) is 18.6 Å². The predicted octanol–water partition coefficient (Wildman–Crippen LogP) is 3.63. The maximum absolute atomic E-state index is 12.8. The van der Waals surface area contributed by atoms with E-state index >= 15 is 0 Å². The van der Waals surface area contributed by atoms with Crippen LogP contribution in [0.4, 0.5) is 18.9 Å². The van der Waals surface area contributed by atoms with E-state index in [1.807, 2.05) is 12.2 Å². The van der Waals surface area contributed by atoms with Crippen LogP contribution in [0.2, 0.25) is 0 Å². The largest absolute Gasteiger partial charge is 0.501 e. The van der Waals surface area contributed by atoms with E-state index in [1.54, 1.807) is 7.11 Å². The molecule has 116 valence electrons. The normalized spacial score (nSPS) is 14.7. The molecular weight excluding hydrogens is 295 g/mol. The standard InChI is InChI=1S/C15H14F3N3O/c1-22-12-4-2-10(3-5-12)8-20-11-6-13(15(16,17)18)14(7-19)21-9-11/h2,4,6,9,20H,3,5,8H2,1H3. The maximum Gasteiger partial charge on any atom is 0.419 e. The van der Waals surface area contributed by atoms with E-state index in [9.17, 15) is 13.2 Å². The molecule has 1 aliphatic rings. The molecule has 0 atom stereocenters. The van der Waals surface area contributed by atoms with Crippen molar-refractivity contribution in [3.05, 3.63) is 47.0 Å². The number of halogens is 3. The number of anilines is 1. The quantitative estimate of drug-likeness (QED) is 0.922. The van der Waals surface area contributed by atoms with Crippen LogP contribution in [-0.2, 0) is 10.9 Å². The van der Waals surface area contributed by atoms with E-state index in [0.717, 1.165) is 30.2 Å². The second-order valence-electron chi connectivity index (χ2n) is 4.75. The van der Waals surface area contributed by atoms with E-state index in [0.29, 0.717) is 6.54 Å². The molecule has 4 nitrogen and oxygen atoms in total. The average Bonchev–Trinajstić information content (AvgIpc) is 2.52. The lowest BCUT2D eigenvalue weighted by atomic mass is 10.0. The fraction of sp³-hybridized carbons (Fsp3) is 0.333. The fourth-order valence-corrected chi connectivity index (χ4v) is 2.06. The number of methoxy groups -OCH3 is 1. The van der Waals surface area contributed by atoms with Crippen LogP contribution in [0.1, 0.15) is 24.1 Å². The molecule has 1 N–H and O–H groups in total. The summed E-state index contributed by atoms with van der Waals surface area (Å²) in [6.07, 6.45) is 1.91. The zero-order valence-corrected chi connectivity index (χ0v) is 11.9. The van der Waals surface area contributed by atoms with Crippen LogP contribution in [0.3, 0.4) is 0 Å². The van der Waals surface area contributed by atoms with Gasteiger partial charge >= 0.3 is 6.18 Å². The van der Waals surface area contributed by atoms with E-state index in [2.05, 4.69) is 10.3 Å². The van der Waals surface area contributed by atoms with Crippen LogP contribution >= 0.6 is 0 Å². The van der Waals surface area contributed by atoms with Crippen LogP contribution < -0.4 is 5.32 Å². The van der Waals surface area contributed by atoms with Crippen molar-refractivity contribution in [1.29, 1.82) is 5.26 Å². The SMILES string of the molecule is COC1=CC=C(CNc2cnc(C#N)c(C(F)(F)F)c2)CC1. The highest BCUT2D eigenvalue weighted by Gasteiger charge is 2.34. The fourth-order valence-electron chi connectivity index (χ4n) is 2.06. The minimum absolute atomic E-state index is 0.230. The minimum atomic E-state index is -4.60. The first-order valence-corrected chi connectivity index (χ1v) is 6.58. The summed E-state index contributed by atoms with van der Waals surface area (Å²) in [5, 5.41) is 11.6. The third-order valence-electron chi connectivity index (χ3n) is 3.28. The molecule has 1 aromatic heterocycles. The van der Waals surface area contributed by atoms with Gasteiger partial charge in [-0.1, -0.05) is 11.6 Å². The molecule has 2 rings (SSSR count). The monoisotopic (exact) mass is 309 g/mol. The van der Waals surface area contributed by atoms with E-state index in [1.165, 1.54) is 12.3 Å². The first kappa shape index (κ1) is 15.9. The third kappa shape index (κ3) is 3.79. The van der Waals surface area contributed by atoms with Gasteiger partial charge in [-0.3, -0.25) is 0 Å². The Kier molecular flexibility index (Phi) is 4.71. The summed E-state index contributed by atoms with van der Waals surface area (Å²) in [4.78, 5) is 3.56. The summed E-state index contributed by atoms with van der Waals surface area (Å²) < 4.78 is 43.6. The molecule has 1 aromatic rings. The van der Waals surface area contributed by atoms with Gasteiger partial charge in [-0.2, -0.15) is 18.4 Å². The Hall–Kier alpha value is -2.49. The molecule has 0 unspecified atom stereocenters. The number of ether oxygens (including phenoxy) is 1. The number of hydrogen-bond acceptors (Lipinski definition) is 4. The Morgan fingerprint density at radius 1 is 1.36 bits per heavy atom. The number of rotatable bonds is 4. The van der Waals surface area contributed by atoms with E-state index in [-0.39, 0.29) is 5.69 Å². The Balaban J connectivity index is 2.10. The number of allylic oxidation sites excluding steroid dienone is 3. The van der Waals surface area contributed by atoms with Gasteiger partial charge in [-0.25, -0.2) is 4.98 Å². The zero-order chi connectivity index (χ0) is 16.2. The summed E-state index contributed by atoms with van der Waals surface area (Å²) >= 11 is 0. The van der Waals surface area contributed by atoms with E-state index < -0.39 is 17.4 Å². The number of hydrogen-bond donors (Lipinski definition) is 1. The van der Waals surface area contributed by atoms with Gasteiger partial charge in [0.25, 0.3) is 0 Å². The molecule has 22 heavy (non-hydrogen) atoms. The summed E-state index contributed by atoms with van der Waals surface area (Å²) in [5.41, 5.74) is -0.366. The van der Waals surface area contributed by atoms with Crippen LogP contribution in [0.5, 0.6) is 0 Å². The zero-order valence-electron chi connectivity index (χ0n) is 11.9. The molecule has 0 bridgehead atoms. The lowest BCUT2D eigenvalue weighted by Crippen LogP contribution is -2.12. The lowest BCUT2D eigenvalue weighted by Gasteiger charge is -2.16. The van der Waals surface area contributed by atoms with Crippen LogP contribution in [0.15, 0.2) is 35.7 Å². The number of nitrogens with zero attached hydrogens (tertiary/aromatic N) is 2. The van der Waals surface area contributed by atoms with Gasteiger partial charge in [0.15, 0.2) is 5.69 Å². The highest BCUT2D eigenvalue weighted by atomic mass is 19.4. The van der Waals surface area contributed by atoms with Crippen molar-refractivity contribution >= 4 is 5.69 Å². The maximum atomic E-state index is 12.8. The molecule has 0 aliphatic heterocycles. The van der Waals surface area contributed by atoms with Gasteiger partial charge in [-0.15, -0.1) is 0 Å². The number of pyridine rings is 1. The molecule has 0 aromatic carbocycles. The smallest absolute Gasteiger partial charge is 0.419 e. The Bertz CT molecular complexity index is 657. The van der Waals surface area contributed by atoms with Crippen molar-refractivity contribution in [2.75, 3.05) is 19.0 Å². The van der Waals surface area contributed by atoms with Gasteiger partial charge in [0.1, 0.15) is 6.07 Å². The molecule has 1 aliphatic carbocycles. The highest BCUT2D eigenvalue weighted by Crippen LogP contribution is 2.32. The Labute approximate surface area is 125 Å². The Morgan fingerprint density at radius 2 is 2.14 bits per heavy atom. The second kappa shape index (κ2) is 6.52. The summed E-state index contributed by atoms with van der Waals surface area (Å²) in [6, 6.07) is 2.36. The molecule has 1 heterocycles. The summed E-state index contributed by atoms with van der Waals surface area (Å²) in [7, 11) is 1.60. The van der Waals surface area contributed by atoms with Crippen molar-refractivity contribution in [2.24, 2.45) is 0 Å². The first-order valence-electron chi connectivity index (χ1n) is 6.58. The number of nitrogens with one attached hydrogen (secondary N) is 1. The van der Waals surface area contributed by atoms with Gasteiger partial charge in [0.05, 0.1) is 30.3 Å². The van der Waals surface area contributed by atoms with Crippen molar-refractivity contribution in [2.45, 2.75) is 19.0 Å².